The van der Waals surface area contributed by atoms with Gasteiger partial charge in [-0.05, 0) is 26.3 Å². The zero-order valence-corrected chi connectivity index (χ0v) is 20.6. The van der Waals surface area contributed by atoms with Gasteiger partial charge in [0.15, 0.2) is 5.82 Å². The first-order valence-corrected chi connectivity index (χ1v) is 11.9. The number of rotatable bonds is 7. The van der Waals surface area contributed by atoms with Crippen LogP contribution in [-0.4, -0.2) is 56.6 Å². The summed E-state index contributed by atoms with van der Waals surface area (Å²) in [5.41, 5.74) is -0.760. The van der Waals surface area contributed by atoms with Gasteiger partial charge in [0.1, 0.15) is 17.3 Å². The summed E-state index contributed by atoms with van der Waals surface area (Å²) in [5, 5.41) is 10.6. The normalized spacial score (nSPS) is 14.2. The van der Waals surface area contributed by atoms with Crippen molar-refractivity contribution >= 4 is 33.5 Å². The number of fused-ring (bicyclic) bond motifs is 2. The van der Waals surface area contributed by atoms with Crippen molar-refractivity contribution in [2.45, 2.75) is 58.4 Å². The molecule has 3 aromatic rings. The van der Waals surface area contributed by atoms with E-state index in [2.05, 4.69) is 37.1 Å². The fourth-order valence-electron chi connectivity index (χ4n) is 3.77. The van der Waals surface area contributed by atoms with Crippen LogP contribution in [0.25, 0.3) is 10.2 Å². The highest BCUT2D eigenvalue weighted by molar-refractivity contribution is 7.18. The van der Waals surface area contributed by atoms with Crippen molar-refractivity contribution < 1.29 is 27.4 Å². The van der Waals surface area contributed by atoms with E-state index in [1.165, 1.54) is 18.4 Å². The van der Waals surface area contributed by atoms with Crippen LogP contribution in [0.1, 0.15) is 43.7 Å². The topological polar surface area (TPSA) is 107 Å². The SMILES string of the molecule is CCCc1cc2c(N3CCn4c(nnc4C(F)(F)F)C3)nc(OCC(C)(C)NC(=O)OC)nc2s1. The van der Waals surface area contributed by atoms with Crippen LogP contribution in [0.4, 0.5) is 23.8 Å². The number of nitrogens with one attached hydrogen (secondary N) is 1. The van der Waals surface area contributed by atoms with E-state index in [1.54, 1.807) is 13.8 Å². The monoisotopic (exact) mass is 513 g/mol. The van der Waals surface area contributed by atoms with Gasteiger partial charge in [-0.3, -0.25) is 0 Å². The maximum Gasteiger partial charge on any atom is 0.451 e. The van der Waals surface area contributed by atoms with Gasteiger partial charge in [0.05, 0.1) is 24.6 Å². The minimum absolute atomic E-state index is 0.0703. The Hall–Kier alpha value is -3.16. The lowest BCUT2D eigenvalue weighted by molar-refractivity contribution is -0.147. The molecule has 0 fully saturated rings. The van der Waals surface area contributed by atoms with Gasteiger partial charge in [-0.15, -0.1) is 21.5 Å². The number of ether oxygens (including phenoxy) is 2. The number of thiophene rings is 1. The van der Waals surface area contributed by atoms with E-state index in [9.17, 15) is 18.0 Å². The lowest BCUT2D eigenvalue weighted by atomic mass is 10.1. The smallest absolute Gasteiger partial charge is 0.451 e. The first-order valence-electron chi connectivity index (χ1n) is 11.0. The molecule has 1 aliphatic heterocycles. The average molecular weight is 514 g/mol. The van der Waals surface area contributed by atoms with Crippen LogP contribution in [0.15, 0.2) is 6.07 Å². The van der Waals surface area contributed by atoms with Gasteiger partial charge < -0.3 is 24.3 Å². The second kappa shape index (κ2) is 9.47. The van der Waals surface area contributed by atoms with Crippen molar-refractivity contribution in [2.24, 2.45) is 0 Å². The summed E-state index contributed by atoms with van der Waals surface area (Å²) in [4.78, 5) is 24.5. The average Bonchev–Trinajstić information content (AvgIpc) is 3.40. The Balaban J connectivity index is 1.64. The van der Waals surface area contributed by atoms with E-state index in [-0.39, 0.29) is 38.1 Å². The highest BCUT2D eigenvalue weighted by atomic mass is 32.1. The highest BCUT2D eigenvalue weighted by Gasteiger charge is 2.39. The van der Waals surface area contributed by atoms with Crippen LogP contribution < -0.4 is 15.0 Å². The van der Waals surface area contributed by atoms with Gasteiger partial charge in [0, 0.05) is 18.0 Å². The molecular formula is C21H26F3N7O3S. The number of alkyl halides is 3. The van der Waals surface area contributed by atoms with Crippen LogP contribution in [0, 0.1) is 0 Å². The van der Waals surface area contributed by atoms with Gasteiger partial charge in [-0.1, -0.05) is 13.3 Å². The van der Waals surface area contributed by atoms with Crippen molar-refractivity contribution in [3.8, 4) is 6.01 Å². The Morgan fingerprint density at radius 1 is 1.23 bits per heavy atom. The van der Waals surface area contributed by atoms with Gasteiger partial charge >= 0.3 is 18.3 Å². The van der Waals surface area contributed by atoms with Crippen LogP contribution >= 0.6 is 11.3 Å². The molecule has 0 unspecified atom stereocenters. The van der Waals surface area contributed by atoms with Crippen molar-refractivity contribution in [1.82, 2.24) is 30.0 Å². The Morgan fingerprint density at radius 3 is 2.69 bits per heavy atom. The van der Waals surface area contributed by atoms with E-state index >= 15 is 0 Å². The van der Waals surface area contributed by atoms with Crippen molar-refractivity contribution in [3.05, 3.63) is 22.6 Å². The first-order chi connectivity index (χ1) is 16.5. The zero-order chi connectivity index (χ0) is 25.4. The molecule has 14 heteroatoms. The second-order valence-electron chi connectivity index (χ2n) is 8.81. The van der Waals surface area contributed by atoms with Crippen molar-refractivity contribution in [3.63, 3.8) is 0 Å². The minimum atomic E-state index is -4.57. The number of alkyl carbamates (subject to hydrolysis) is 1. The summed E-state index contributed by atoms with van der Waals surface area (Å²) < 4.78 is 51.3. The lowest BCUT2D eigenvalue weighted by Gasteiger charge is -2.29. The molecule has 0 aliphatic carbocycles. The summed E-state index contributed by atoms with van der Waals surface area (Å²) in [6.07, 6.45) is -3.33. The van der Waals surface area contributed by atoms with E-state index in [0.717, 1.165) is 32.5 Å². The molecule has 4 heterocycles. The number of halogens is 3. The number of amides is 1. The molecule has 0 spiro atoms. The maximum atomic E-state index is 13.2. The number of aromatic nitrogens is 5. The molecule has 1 N–H and O–H groups in total. The van der Waals surface area contributed by atoms with Crippen molar-refractivity contribution in [1.29, 1.82) is 0 Å². The fourth-order valence-corrected chi connectivity index (χ4v) is 4.88. The number of carbonyl (C=O) groups excluding carboxylic acids is 1. The standard InChI is InChI=1S/C21H26F3N7O3S/c1-5-6-12-9-13-15(30-7-8-31-14(10-30)28-29-17(31)21(22,23)24)25-18(26-16(13)35-12)34-11-20(2,3)27-19(32)33-4/h9H,5-8,10-11H2,1-4H3,(H,27,32). The molecule has 0 atom stereocenters. The van der Waals surface area contributed by atoms with E-state index in [4.69, 9.17) is 4.74 Å². The fraction of sp³-hybridized carbons (Fsp3) is 0.571. The van der Waals surface area contributed by atoms with Gasteiger partial charge in [0.2, 0.25) is 5.82 Å². The number of hydrogen-bond acceptors (Lipinski definition) is 9. The van der Waals surface area contributed by atoms with E-state index in [1.807, 2.05) is 11.0 Å². The minimum Gasteiger partial charge on any atom is -0.461 e. The summed E-state index contributed by atoms with van der Waals surface area (Å²) in [5.74, 6) is -0.222. The number of anilines is 1. The molecule has 0 saturated heterocycles. The van der Waals surface area contributed by atoms with Crippen molar-refractivity contribution in [2.75, 3.05) is 25.2 Å². The summed E-state index contributed by atoms with van der Waals surface area (Å²) in [6, 6.07) is 2.13. The second-order valence-corrected chi connectivity index (χ2v) is 9.93. The Labute approximate surface area is 203 Å². The number of methoxy groups -OCH3 is 1. The van der Waals surface area contributed by atoms with Crippen LogP contribution in [0.2, 0.25) is 0 Å². The molecule has 0 radical (unpaired) electrons. The third-order valence-corrected chi connectivity index (χ3v) is 6.48. The number of carbonyl (C=O) groups is 1. The highest BCUT2D eigenvalue weighted by Crippen LogP contribution is 2.36. The van der Waals surface area contributed by atoms with Gasteiger partial charge in [-0.25, -0.2) is 4.79 Å². The van der Waals surface area contributed by atoms with Crippen LogP contribution in [0.3, 0.4) is 0 Å². The maximum absolute atomic E-state index is 13.2. The third kappa shape index (κ3) is 5.41. The summed E-state index contributed by atoms with van der Waals surface area (Å²) >= 11 is 1.53. The molecule has 190 valence electrons. The van der Waals surface area contributed by atoms with E-state index < -0.39 is 23.6 Å². The molecule has 0 saturated carbocycles. The van der Waals surface area contributed by atoms with Crippen LogP contribution in [-0.2, 0) is 30.4 Å². The lowest BCUT2D eigenvalue weighted by Crippen LogP contribution is -2.47. The predicted octanol–water partition coefficient (Wildman–Crippen LogP) is 3.79. The number of aryl methyl sites for hydroxylation is 1. The Morgan fingerprint density at radius 2 is 2.00 bits per heavy atom. The largest absolute Gasteiger partial charge is 0.461 e. The molecule has 4 rings (SSSR count). The zero-order valence-electron chi connectivity index (χ0n) is 19.8. The van der Waals surface area contributed by atoms with Crippen LogP contribution in [0.5, 0.6) is 6.01 Å². The quantitative estimate of drug-likeness (QED) is 0.509. The third-order valence-electron chi connectivity index (χ3n) is 5.39. The predicted molar refractivity (Wildman–Crippen MR) is 123 cm³/mol. The molecule has 10 nitrogen and oxygen atoms in total. The summed E-state index contributed by atoms with van der Waals surface area (Å²) in [7, 11) is 1.28. The Kier molecular flexibility index (Phi) is 6.75. The molecule has 1 aliphatic rings. The summed E-state index contributed by atoms with van der Waals surface area (Å²) in [6.45, 7) is 6.16. The Bertz CT molecular complexity index is 1220. The first kappa shape index (κ1) is 24.9. The number of nitrogens with zero attached hydrogens (tertiary/aromatic N) is 6. The molecule has 3 aromatic heterocycles. The molecule has 1 amide bonds. The van der Waals surface area contributed by atoms with Gasteiger partial charge in [0.25, 0.3) is 0 Å². The molecular weight excluding hydrogens is 487 g/mol. The molecule has 35 heavy (non-hydrogen) atoms. The molecule has 0 bridgehead atoms. The van der Waals surface area contributed by atoms with E-state index in [0.29, 0.717) is 5.82 Å². The number of hydrogen-bond donors (Lipinski definition) is 1. The van der Waals surface area contributed by atoms with Gasteiger partial charge in [-0.2, -0.15) is 23.1 Å². The molecule has 0 aromatic carbocycles.